The summed E-state index contributed by atoms with van der Waals surface area (Å²) in [5, 5.41) is 12.3. The number of benzene rings is 4. The van der Waals surface area contributed by atoms with Gasteiger partial charge in [-0.3, -0.25) is 14.6 Å². The minimum absolute atomic E-state index is 0. The maximum Gasteiger partial charge on any atom is 1.00 e. The molecule has 254 valence electrons. The molecule has 3 heterocycles. The summed E-state index contributed by atoms with van der Waals surface area (Å²) in [5.74, 6) is 0.185. The molecule has 1 aromatic heterocycles. The topological polar surface area (TPSA) is 196 Å². The molecule has 2 aliphatic heterocycles. The van der Waals surface area contributed by atoms with Crippen molar-refractivity contribution >= 4 is 40.3 Å². The molecule has 2 amide bonds. The Balaban J connectivity index is 0.000000216. The predicted octanol–water partition coefficient (Wildman–Crippen LogP) is 2.00. The van der Waals surface area contributed by atoms with Gasteiger partial charge in [-0.15, -0.1) is 0 Å². The first-order valence-corrected chi connectivity index (χ1v) is 16.5. The van der Waals surface area contributed by atoms with Gasteiger partial charge in [0.15, 0.2) is 0 Å². The Morgan fingerprint density at radius 3 is 1.90 bits per heavy atom. The van der Waals surface area contributed by atoms with E-state index < -0.39 is 11.8 Å². The van der Waals surface area contributed by atoms with Gasteiger partial charge >= 0.3 is 29.6 Å². The zero-order valence-corrected chi connectivity index (χ0v) is 30.4. The van der Waals surface area contributed by atoms with Crippen LogP contribution in [0.5, 0.6) is 0 Å². The molecule has 2 saturated heterocycles. The Kier molecular flexibility index (Phi) is 13.9. The van der Waals surface area contributed by atoms with Crippen molar-refractivity contribution in [2.45, 2.75) is 37.5 Å². The van der Waals surface area contributed by atoms with E-state index in [4.69, 9.17) is 17.2 Å². The summed E-state index contributed by atoms with van der Waals surface area (Å²) in [6, 6.07) is 27.4. The molecule has 0 radical (unpaired) electrons. The molecule has 9 N–H and O–H groups in total. The van der Waals surface area contributed by atoms with Crippen LogP contribution >= 0.6 is 0 Å². The number of amides is 2. The molecule has 7 rings (SSSR count). The Morgan fingerprint density at radius 1 is 0.780 bits per heavy atom. The van der Waals surface area contributed by atoms with E-state index in [0.717, 1.165) is 42.9 Å². The number of carbonyl (C=O) groups is 2. The van der Waals surface area contributed by atoms with Crippen molar-refractivity contribution in [2.24, 2.45) is 16.5 Å². The van der Waals surface area contributed by atoms with Gasteiger partial charge in [0.05, 0.1) is 28.2 Å². The van der Waals surface area contributed by atoms with E-state index in [1.165, 1.54) is 36.8 Å². The number of piperidine rings is 2. The Hall–Kier alpha value is -4.36. The number of nitrogens with zero attached hydrogens (tertiary/aromatic N) is 3. The van der Waals surface area contributed by atoms with Gasteiger partial charge in [-0.1, -0.05) is 48.5 Å². The van der Waals surface area contributed by atoms with Crippen LogP contribution in [0.3, 0.4) is 0 Å². The van der Waals surface area contributed by atoms with E-state index in [1.54, 1.807) is 29.1 Å². The Bertz CT molecular complexity index is 1910. The molecule has 0 aliphatic carbocycles. The number of aromatic nitrogens is 2. The van der Waals surface area contributed by atoms with Gasteiger partial charge in [0.2, 0.25) is 0 Å². The van der Waals surface area contributed by atoms with Gasteiger partial charge in [0.25, 0.3) is 11.8 Å². The van der Waals surface area contributed by atoms with Crippen LogP contribution in [0.1, 0.15) is 74.9 Å². The molecule has 12 heteroatoms. The molecular formula is C38H43N8NaO3. The number of anilines is 1. The third kappa shape index (κ3) is 9.25. The molecule has 2 aliphatic rings. The molecule has 0 saturated carbocycles. The first kappa shape index (κ1) is 38.4. The zero-order chi connectivity index (χ0) is 33.5. The number of hydrogen-bond acceptors (Lipinski definition) is 8. The van der Waals surface area contributed by atoms with Crippen molar-refractivity contribution in [2.75, 3.05) is 31.9 Å². The van der Waals surface area contributed by atoms with Crippen LogP contribution in [-0.2, 0) is 0 Å². The fraction of sp³-hybridized carbons (Fsp3) is 0.263. The largest absolute Gasteiger partial charge is 1.00 e. The third-order valence-electron chi connectivity index (χ3n) is 9.15. The van der Waals surface area contributed by atoms with Crippen LogP contribution in [0.4, 0.5) is 11.4 Å². The number of hydrogen-bond donors (Lipinski definition) is 5. The standard InChI is InChI=1S/C19H20N4O.C19H22N4O.Na.H2O/c20-19(24)17-5-1-3-15-12-23(22-18(15)17)16-8-6-13(7-9-16)14-4-2-10-21-11-14;20-18-15(3-1-5-17(18)19(21)24)12-23-16-8-6-13(7-9-16)14-4-2-10-22-11-14;;/h1,3,5-9,12,14,21H,2,4,10-11H2,(H2,20,24);1,3,5-9,12,14,22H,2,4,10-11,20H2,(H2,21,24);;1H2/q;;+1;/p-1. The second-order valence-electron chi connectivity index (χ2n) is 12.4. The molecule has 4 aromatic carbocycles. The van der Waals surface area contributed by atoms with Crippen LogP contribution in [0.2, 0.25) is 0 Å². The van der Waals surface area contributed by atoms with Gasteiger partial charge in [0, 0.05) is 36.5 Å². The van der Waals surface area contributed by atoms with E-state index in [2.05, 4.69) is 57.1 Å². The molecular weight excluding hydrogens is 639 g/mol. The van der Waals surface area contributed by atoms with Gasteiger partial charge in [0.1, 0.15) is 5.52 Å². The van der Waals surface area contributed by atoms with Crippen molar-refractivity contribution in [1.82, 2.24) is 20.4 Å². The fourth-order valence-corrected chi connectivity index (χ4v) is 6.44. The quantitative estimate of drug-likeness (QED) is 0.0983. The van der Waals surface area contributed by atoms with E-state index >= 15 is 0 Å². The first-order valence-electron chi connectivity index (χ1n) is 16.5. The van der Waals surface area contributed by atoms with Crippen molar-refractivity contribution in [1.29, 1.82) is 0 Å². The van der Waals surface area contributed by atoms with Crippen LogP contribution < -0.4 is 57.4 Å². The number of primary amides is 2. The summed E-state index contributed by atoms with van der Waals surface area (Å²) in [6.45, 7) is 4.33. The van der Waals surface area contributed by atoms with Crippen LogP contribution in [0, 0.1) is 0 Å². The van der Waals surface area contributed by atoms with E-state index in [1.807, 2.05) is 36.5 Å². The van der Waals surface area contributed by atoms with Crippen molar-refractivity contribution < 1.29 is 44.6 Å². The molecule has 0 spiro atoms. The zero-order valence-electron chi connectivity index (χ0n) is 28.4. The monoisotopic (exact) mass is 682 g/mol. The molecule has 2 atom stereocenters. The van der Waals surface area contributed by atoms with Gasteiger partial charge in [-0.05, 0) is 98.1 Å². The summed E-state index contributed by atoms with van der Waals surface area (Å²) < 4.78 is 1.81. The van der Waals surface area contributed by atoms with Crippen LogP contribution in [0.15, 0.2) is 96.1 Å². The van der Waals surface area contributed by atoms with Gasteiger partial charge < -0.3 is 33.3 Å². The summed E-state index contributed by atoms with van der Waals surface area (Å²) in [7, 11) is 0. The average molecular weight is 683 g/mol. The predicted molar refractivity (Wildman–Crippen MR) is 194 cm³/mol. The Morgan fingerprint density at radius 2 is 1.34 bits per heavy atom. The second kappa shape index (κ2) is 18.0. The number of para-hydroxylation sites is 1. The van der Waals surface area contributed by atoms with Gasteiger partial charge in [-0.25, -0.2) is 4.68 Å². The third-order valence-corrected chi connectivity index (χ3v) is 9.15. The molecule has 5 aromatic rings. The number of aliphatic imine (C=N–C) groups is 1. The molecule has 11 nitrogen and oxygen atoms in total. The number of nitrogen functional groups attached to an aromatic ring is 1. The van der Waals surface area contributed by atoms with Crippen molar-refractivity contribution in [3.05, 3.63) is 119 Å². The first-order chi connectivity index (χ1) is 23.4. The number of rotatable bonds is 7. The molecule has 2 unspecified atom stereocenters. The van der Waals surface area contributed by atoms with Crippen LogP contribution in [-0.4, -0.2) is 59.5 Å². The molecule has 0 bridgehead atoms. The van der Waals surface area contributed by atoms with E-state index in [-0.39, 0.29) is 35.0 Å². The summed E-state index contributed by atoms with van der Waals surface area (Å²) >= 11 is 0. The minimum atomic E-state index is -0.534. The van der Waals surface area contributed by atoms with Crippen molar-refractivity contribution in [3.63, 3.8) is 0 Å². The smallest absolute Gasteiger partial charge is 0.870 e. The molecule has 2 fully saturated rings. The van der Waals surface area contributed by atoms with Crippen LogP contribution in [0.25, 0.3) is 16.6 Å². The summed E-state index contributed by atoms with van der Waals surface area (Å²) in [5.41, 5.74) is 23.7. The maximum atomic E-state index is 11.5. The van der Waals surface area contributed by atoms with Gasteiger partial charge in [-0.2, -0.15) is 5.10 Å². The SMILES string of the molecule is NC(=O)c1cccc(C=Nc2ccc(C3CCCNC3)cc2)c1N.NC(=O)c1cccc2cn(-c3ccc(C4CCCNC4)cc3)nc12.[Na+].[OH-]. The average Bonchev–Trinajstić information content (AvgIpc) is 3.57. The second-order valence-corrected chi connectivity index (χ2v) is 12.4. The normalized spacial score (nSPS) is 17.2. The van der Waals surface area contributed by atoms with E-state index in [0.29, 0.717) is 39.7 Å². The molecule has 50 heavy (non-hydrogen) atoms. The Labute approximate surface area is 314 Å². The summed E-state index contributed by atoms with van der Waals surface area (Å²) in [4.78, 5) is 27.3. The number of fused-ring (bicyclic) bond motifs is 1. The van der Waals surface area contributed by atoms with E-state index in [9.17, 15) is 9.59 Å². The number of nitrogens with two attached hydrogens (primary N) is 3. The summed E-state index contributed by atoms with van der Waals surface area (Å²) in [6.07, 6.45) is 8.51. The minimum Gasteiger partial charge on any atom is -0.870 e. The number of carbonyl (C=O) groups excluding carboxylic acids is 2. The maximum absolute atomic E-state index is 11.5. The fourth-order valence-electron chi connectivity index (χ4n) is 6.44. The number of nitrogens with one attached hydrogen (secondary N) is 2. The van der Waals surface area contributed by atoms with Crippen molar-refractivity contribution in [3.8, 4) is 5.69 Å².